The highest BCUT2D eigenvalue weighted by Crippen LogP contribution is 2.16. The van der Waals surface area contributed by atoms with Crippen LogP contribution in [0.1, 0.15) is 22.8 Å². The van der Waals surface area contributed by atoms with Crippen molar-refractivity contribution in [2.75, 3.05) is 17.2 Å². The Morgan fingerprint density at radius 2 is 2.06 bits per heavy atom. The average Bonchev–Trinajstić information content (AvgIpc) is 2.31. The minimum atomic E-state index is -0.112. The van der Waals surface area contributed by atoms with E-state index in [1.54, 1.807) is 18.2 Å². The van der Waals surface area contributed by atoms with Crippen molar-refractivity contribution in [2.45, 2.75) is 13.8 Å². The molecule has 5 heteroatoms. The molecule has 0 spiro atoms. The quantitative estimate of drug-likeness (QED) is 0.836. The van der Waals surface area contributed by atoms with E-state index in [-0.39, 0.29) is 17.1 Å². The molecule has 0 radical (unpaired) electrons. The molecular formula is C12H15BrN2O2. The summed E-state index contributed by atoms with van der Waals surface area (Å²) >= 11 is 3.08. The minimum absolute atomic E-state index is 0.103. The van der Waals surface area contributed by atoms with Gasteiger partial charge in [-0.25, -0.2) is 0 Å². The van der Waals surface area contributed by atoms with Gasteiger partial charge in [0.25, 0.3) is 5.91 Å². The molecular weight excluding hydrogens is 284 g/mol. The first-order chi connectivity index (χ1) is 8.08. The topological polar surface area (TPSA) is 58.2 Å². The molecule has 17 heavy (non-hydrogen) atoms. The highest BCUT2D eigenvalue weighted by Gasteiger charge is 2.08. The van der Waals surface area contributed by atoms with E-state index in [1.165, 1.54) is 0 Å². The van der Waals surface area contributed by atoms with Crippen molar-refractivity contribution < 1.29 is 9.59 Å². The number of benzene rings is 1. The van der Waals surface area contributed by atoms with E-state index in [0.29, 0.717) is 12.1 Å². The average molecular weight is 299 g/mol. The van der Waals surface area contributed by atoms with Crippen LogP contribution in [0.15, 0.2) is 18.2 Å². The normalized spacial score (nSPS) is 9.82. The van der Waals surface area contributed by atoms with Gasteiger partial charge < -0.3 is 10.6 Å². The molecule has 0 aliphatic rings. The third-order valence-corrected chi connectivity index (χ3v) is 2.73. The van der Waals surface area contributed by atoms with E-state index < -0.39 is 0 Å². The van der Waals surface area contributed by atoms with Crippen LogP contribution in [0, 0.1) is 6.92 Å². The van der Waals surface area contributed by atoms with Crippen molar-refractivity contribution in [3.05, 3.63) is 29.3 Å². The Balaban J connectivity index is 2.86. The lowest BCUT2D eigenvalue weighted by Crippen LogP contribution is -2.22. The second kappa shape index (κ2) is 6.39. The monoisotopic (exact) mass is 298 g/mol. The Morgan fingerprint density at radius 3 is 2.59 bits per heavy atom. The van der Waals surface area contributed by atoms with Gasteiger partial charge in [-0.05, 0) is 37.6 Å². The van der Waals surface area contributed by atoms with Gasteiger partial charge in [-0.2, -0.15) is 0 Å². The predicted molar refractivity (Wildman–Crippen MR) is 71.6 cm³/mol. The van der Waals surface area contributed by atoms with Crippen LogP contribution in [0.4, 0.5) is 5.69 Å². The third-order valence-electron chi connectivity index (χ3n) is 2.22. The zero-order valence-corrected chi connectivity index (χ0v) is 11.4. The standard InChI is InChI=1S/C12H15BrN2O2/c1-3-14-12(17)9-4-5-10(8(2)6-9)15-11(16)7-13/h4-6H,3,7H2,1-2H3,(H,14,17)(H,15,16). The Kier molecular flexibility index (Phi) is 5.15. The number of alkyl halides is 1. The van der Waals surface area contributed by atoms with Crippen LogP contribution in [-0.4, -0.2) is 23.7 Å². The number of rotatable bonds is 4. The summed E-state index contributed by atoms with van der Waals surface area (Å²) in [5.41, 5.74) is 2.19. The van der Waals surface area contributed by atoms with Crippen molar-refractivity contribution in [1.29, 1.82) is 0 Å². The maximum absolute atomic E-state index is 11.6. The van der Waals surface area contributed by atoms with Gasteiger partial charge in [0.15, 0.2) is 0 Å². The maximum atomic E-state index is 11.6. The first-order valence-corrected chi connectivity index (χ1v) is 6.45. The van der Waals surface area contributed by atoms with E-state index in [9.17, 15) is 9.59 Å². The van der Waals surface area contributed by atoms with Crippen LogP contribution in [0.2, 0.25) is 0 Å². The molecule has 0 atom stereocenters. The lowest BCUT2D eigenvalue weighted by molar-refractivity contribution is -0.113. The van der Waals surface area contributed by atoms with Gasteiger partial charge in [0.05, 0.1) is 5.33 Å². The summed E-state index contributed by atoms with van der Waals surface area (Å²) in [6.45, 7) is 4.32. The largest absolute Gasteiger partial charge is 0.352 e. The highest BCUT2D eigenvalue weighted by atomic mass is 79.9. The van der Waals surface area contributed by atoms with E-state index in [1.807, 2.05) is 13.8 Å². The van der Waals surface area contributed by atoms with Crippen molar-refractivity contribution in [2.24, 2.45) is 0 Å². The SMILES string of the molecule is CCNC(=O)c1ccc(NC(=O)CBr)c(C)c1. The fraction of sp³-hybridized carbons (Fsp3) is 0.333. The van der Waals surface area contributed by atoms with Crippen LogP contribution in [0.25, 0.3) is 0 Å². The lowest BCUT2D eigenvalue weighted by Gasteiger charge is -2.09. The minimum Gasteiger partial charge on any atom is -0.352 e. The van der Waals surface area contributed by atoms with Crippen LogP contribution < -0.4 is 10.6 Å². The van der Waals surface area contributed by atoms with Crippen molar-refractivity contribution in [1.82, 2.24) is 5.32 Å². The fourth-order valence-corrected chi connectivity index (χ4v) is 1.53. The number of halogens is 1. The molecule has 1 rings (SSSR count). The Bertz CT molecular complexity index is 433. The van der Waals surface area contributed by atoms with Crippen LogP contribution >= 0.6 is 15.9 Å². The smallest absolute Gasteiger partial charge is 0.251 e. The predicted octanol–water partition coefficient (Wildman–Crippen LogP) is 2.08. The molecule has 0 heterocycles. The molecule has 0 saturated heterocycles. The summed E-state index contributed by atoms with van der Waals surface area (Å²) < 4.78 is 0. The van der Waals surface area contributed by atoms with Crippen molar-refractivity contribution in [3.8, 4) is 0 Å². The molecule has 0 aromatic heterocycles. The molecule has 4 nitrogen and oxygen atoms in total. The summed E-state index contributed by atoms with van der Waals surface area (Å²) in [5, 5.41) is 5.72. The number of nitrogens with one attached hydrogen (secondary N) is 2. The van der Waals surface area contributed by atoms with Gasteiger partial charge in [0.1, 0.15) is 0 Å². The number of anilines is 1. The van der Waals surface area contributed by atoms with Crippen LogP contribution in [0.3, 0.4) is 0 Å². The molecule has 1 aromatic carbocycles. The molecule has 0 aliphatic heterocycles. The molecule has 0 bridgehead atoms. The Morgan fingerprint density at radius 1 is 1.35 bits per heavy atom. The molecule has 0 aliphatic carbocycles. The highest BCUT2D eigenvalue weighted by molar-refractivity contribution is 9.09. The number of carbonyl (C=O) groups excluding carboxylic acids is 2. The summed E-state index contributed by atoms with van der Waals surface area (Å²) in [6.07, 6.45) is 0. The zero-order valence-electron chi connectivity index (χ0n) is 9.84. The first kappa shape index (κ1) is 13.7. The van der Waals surface area contributed by atoms with Gasteiger partial charge in [-0.3, -0.25) is 9.59 Å². The first-order valence-electron chi connectivity index (χ1n) is 5.33. The van der Waals surface area contributed by atoms with E-state index in [4.69, 9.17) is 0 Å². The number of carbonyl (C=O) groups is 2. The molecule has 92 valence electrons. The number of aryl methyl sites for hydroxylation is 1. The fourth-order valence-electron chi connectivity index (χ4n) is 1.39. The van der Waals surface area contributed by atoms with Gasteiger partial charge in [0, 0.05) is 17.8 Å². The van der Waals surface area contributed by atoms with Gasteiger partial charge in [-0.1, -0.05) is 15.9 Å². The van der Waals surface area contributed by atoms with Crippen LogP contribution in [-0.2, 0) is 4.79 Å². The second-order valence-electron chi connectivity index (χ2n) is 3.57. The number of amides is 2. The summed E-state index contributed by atoms with van der Waals surface area (Å²) in [6, 6.07) is 5.19. The molecule has 2 N–H and O–H groups in total. The number of hydrogen-bond donors (Lipinski definition) is 2. The number of hydrogen-bond acceptors (Lipinski definition) is 2. The van der Waals surface area contributed by atoms with Gasteiger partial charge >= 0.3 is 0 Å². The van der Waals surface area contributed by atoms with Crippen LogP contribution in [0.5, 0.6) is 0 Å². The molecule has 0 fully saturated rings. The zero-order chi connectivity index (χ0) is 12.8. The van der Waals surface area contributed by atoms with E-state index in [0.717, 1.165) is 11.3 Å². The Hall–Kier alpha value is -1.36. The molecule has 1 aromatic rings. The molecule has 2 amide bonds. The maximum Gasteiger partial charge on any atom is 0.251 e. The summed E-state index contributed by atoms with van der Waals surface area (Å²) in [7, 11) is 0. The summed E-state index contributed by atoms with van der Waals surface area (Å²) in [5.74, 6) is -0.215. The third kappa shape index (κ3) is 3.85. The van der Waals surface area contributed by atoms with Crippen molar-refractivity contribution >= 4 is 33.4 Å². The molecule has 0 unspecified atom stereocenters. The van der Waals surface area contributed by atoms with Gasteiger partial charge in [-0.15, -0.1) is 0 Å². The van der Waals surface area contributed by atoms with Crippen molar-refractivity contribution in [3.63, 3.8) is 0 Å². The lowest BCUT2D eigenvalue weighted by atomic mass is 10.1. The van der Waals surface area contributed by atoms with Gasteiger partial charge in [0.2, 0.25) is 5.91 Å². The van der Waals surface area contributed by atoms with E-state index >= 15 is 0 Å². The molecule has 0 saturated carbocycles. The Labute approximate surface area is 109 Å². The summed E-state index contributed by atoms with van der Waals surface area (Å²) in [4.78, 5) is 22.8. The van der Waals surface area contributed by atoms with E-state index in [2.05, 4.69) is 26.6 Å². The second-order valence-corrected chi connectivity index (χ2v) is 4.13.